The van der Waals surface area contributed by atoms with Gasteiger partial charge in [-0.15, -0.1) is 0 Å². The minimum Gasteiger partial charge on any atom is -0.490 e. The second-order valence-corrected chi connectivity index (χ2v) is 3.61. The number of benzene rings is 1. The van der Waals surface area contributed by atoms with Crippen molar-refractivity contribution in [2.45, 2.75) is 19.9 Å². The van der Waals surface area contributed by atoms with Gasteiger partial charge in [0.05, 0.1) is 13.2 Å². The first-order valence-electron chi connectivity index (χ1n) is 5.89. The average molecular weight is 239 g/mol. The number of nitrogens with two attached hydrogens (primary N) is 1. The van der Waals surface area contributed by atoms with Crippen molar-refractivity contribution in [1.29, 1.82) is 0 Å². The van der Waals surface area contributed by atoms with E-state index in [4.69, 9.17) is 19.9 Å². The Morgan fingerprint density at radius 3 is 2.59 bits per heavy atom. The van der Waals surface area contributed by atoms with Crippen LogP contribution in [-0.4, -0.2) is 26.9 Å². The van der Waals surface area contributed by atoms with E-state index in [1.54, 1.807) is 7.11 Å². The first kappa shape index (κ1) is 13.8. The zero-order valence-electron chi connectivity index (χ0n) is 10.6. The summed E-state index contributed by atoms with van der Waals surface area (Å²) in [6.45, 7) is 4.39. The Morgan fingerprint density at radius 2 is 1.94 bits per heavy atom. The fourth-order valence-electron chi connectivity index (χ4n) is 1.45. The summed E-state index contributed by atoms with van der Waals surface area (Å²) >= 11 is 0. The molecule has 1 aromatic rings. The summed E-state index contributed by atoms with van der Waals surface area (Å²) in [5.41, 5.74) is 6.63. The lowest BCUT2D eigenvalue weighted by molar-refractivity contribution is 0.170. The first-order chi connectivity index (χ1) is 8.31. The van der Waals surface area contributed by atoms with Crippen LogP contribution in [0.1, 0.15) is 18.9 Å². The van der Waals surface area contributed by atoms with Gasteiger partial charge in [0.2, 0.25) is 0 Å². The highest BCUT2D eigenvalue weighted by Gasteiger charge is 2.05. The van der Waals surface area contributed by atoms with Crippen LogP contribution in [0, 0.1) is 0 Å². The predicted molar refractivity (Wildman–Crippen MR) is 67.5 cm³/mol. The molecule has 0 aromatic heterocycles. The number of methoxy groups -OCH3 is 1. The predicted octanol–water partition coefficient (Wildman–Crippen LogP) is 1.96. The molecule has 0 aliphatic rings. The second kappa shape index (κ2) is 7.92. The van der Waals surface area contributed by atoms with Crippen LogP contribution in [0.25, 0.3) is 0 Å². The molecular formula is C13H21NO3. The summed E-state index contributed by atoms with van der Waals surface area (Å²) in [7, 11) is 1.68. The maximum Gasteiger partial charge on any atom is 0.161 e. The van der Waals surface area contributed by atoms with E-state index >= 15 is 0 Å². The lowest BCUT2D eigenvalue weighted by atomic mass is 10.2. The summed E-state index contributed by atoms with van der Waals surface area (Å²) in [6, 6.07) is 5.78. The zero-order valence-corrected chi connectivity index (χ0v) is 10.6. The van der Waals surface area contributed by atoms with E-state index in [0.29, 0.717) is 26.4 Å². The first-order valence-corrected chi connectivity index (χ1v) is 5.89. The van der Waals surface area contributed by atoms with Gasteiger partial charge in [-0.1, -0.05) is 6.07 Å². The van der Waals surface area contributed by atoms with Gasteiger partial charge in [-0.25, -0.2) is 0 Å². The smallest absolute Gasteiger partial charge is 0.161 e. The Kier molecular flexibility index (Phi) is 6.43. The molecule has 0 bridgehead atoms. The maximum absolute atomic E-state index is 5.65. The molecule has 4 heteroatoms. The van der Waals surface area contributed by atoms with Gasteiger partial charge in [-0.05, 0) is 24.6 Å². The third-order valence-corrected chi connectivity index (χ3v) is 2.29. The highest BCUT2D eigenvalue weighted by Crippen LogP contribution is 2.28. The van der Waals surface area contributed by atoms with Crippen LogP contribution in [-0.2, 0) is 11.3 Å². The van der Waals surface area contributed by atoms with Crippen LogP contribution in [0.15, 0.2) is 18.2 Å². The molecule has 0 heterocycles. The zero-order chi connectivity index (χ0) is 12.5. The SMILES string of the molecule is CCOc1cc(CN)ccc1OCCCOC. The quantitative estimate of drug-likeness (QED) is 0.705. The summed E-state index contributed by atoms with van der Waals surface area (Å²) < 4.78 is 16.1. The van der Waals surface area contributed by atoms with Crippen molar-refractivity contribution in [2.24, 2.45) is 5.73 Å². The largest absolute Gasteiger partial charge is 0.490 e. The van der Waals surface area contributed by atoms with Gasteiger partial charge in [0.25, 0.3) is 0 Å². The Hall–Kier alpha value is -1.26. The highest BCUT2D eigenvalue weighted by molar-refractivity contribution is 5.43. The van der Waals surface area contributed by atoms with Crippen LogP contribution in [0.3, 0.4) is 0 Å². The molecule has 0 spiro atoms. The molecule has 0 saturated heterocycles. The number of hydrogen-bond donors (Lipinski definition) is 1. The summed E-state index contributed by atoms with van der Waals surface area (Å²) in [6.07, 6.45) is 0.862. The average Bonchev–Trinajstić information content (AvgIpc) is 2.36. The normalized spacial score (nSPS) is 10.3. The summed E-state index contributed by atoms with van der Waals surface area (Å²) in [5, 5.41) is 0. The molecule has 0 fully saturated rings. The molecule has 0 amide bonds. The summed E-state index contributed by atoms with van der Waals surface area (Å²) in [4.78, 5) is 0. The Balaban J connectivity index is 2.62. The van der Waals surface area contributed by atoms with Gasteiger partial charge < -0.3 is 19.9 Å². The van der Waals surface area contributed by atoms with Gasteiger partial charge >= 0.3 is 0 Å². The third kappa shape index (κ3) is 4.63. The molecule has 0 atom stereocenters. The maximum atomic E-state index is 5.65. The van der Waals surface area contributed by atoms with E-state index in [2.05, 4.69) is 0 Å². The van der Waals surface area contributed by atoms with Gasteiger partial charge in [0.15, 0.2) is 11.5 Å². The van der Waals surface area contributed by atoms with Crippen molar-refractivity contribution in [2.75, 3.05) is 26.9 Å². The van der Waals surface area contributed by atoms with E-state index in [-0.39, 0.29) is 0 Å². The Bertz CT molecular complexity index is 328. The molecule has 0 aliphatic carbocycles. The molecule has 0 saturated carbocycles. The van der Waals surface area contributed by atoms with Crippen LogP contribution in [0.4, 0.5) is 0 Å². The Labute approximate surface area is 103 Å². The van der Waals surface area contributed by atoms with E-state index in [1.807, 2.05) is 25.1 Å². The number of hydrogen-bond acceptors (Lipinski definition) is 4. The second-order valence-electron chi connectivity index (χ2n) is 3.61. The van der Waals surface area contributed by atoms with Crippen molar-refractivity contribution in [3.63, 3.8) is 0 Å². The van der Waals surface area contributed by atoms with E-state index in [0.717, 1.165) is 23.5 Å². The van der Waals surface area contributed by atoms with E-state index < -0.39 is 0 Å². The van der Waals surface area contributed by atoms with E-state index in [1.165, 1.54) is 0 Å². The van der Waals surface area contributed by atoms with Crippen molar-refractivity contribution in [3.8, 4) is 11.5 Å². The molecule has 96 valence electrons. The minimum atomic E-state index is 0.504. The molecule has 0 radical (unpaired) electrons. The van der Waals surface area contributed by atoms with Crippen LogP contribution >= 0.6 is 0 Å². The third-order valence-electron chi connectivity index (χ3n) is 2.29. The van der Waals surface area contributed by atoms with Gasteiger partial charge in [-0.2, -0.15) is 0 Å². The topological polar surface area (TPSA) is 53.7 Å². The molecule has 17 heavy (non-hydrogen) atoms. The molecule has 2 N–H and O–H groups in total. The molecule has 0 unspecified atom stereocenters. The van der Waals surface area contributed by atoms with Crippen LogP contribution in [0.5, 0.6) is 11.5 Å². The van der Waals surface area contributed by atoms with Crippen molar-refractivity contribution >= 4 is 0 Å². The molecule has 1 rings (SSSR count). The lowest BCUT2D eigenvalue weighted by Gasteiger charge is -2.12. The fraction of sp³-hybridized carbons (Fsp3) is 0.538. The number of rotatable bonds is 8. The van der Waals surface area contributed by atoms with Gasteiger partial charge in [-0.3, -0.25) is 0 Å². The molecule has 1 aromatic carbocycles. The van der Waals surface area contributed by atoms with Crippen LogP contribution in [0.2, 0.25) is 0 Å². The Morgan fingerprint density at radius 1 is 1.12 bits per heavy atom. The van der Waals surface area contributed by atoms with Crippen molar-refractivity contribution < 1.29 is 14.2 Å². The molecule has 0 aliphatic heterocycles. The van der Waals surface area contributed by atoms with E-state index in [9.17, 15) is 0 Å². The van der Waals surface area contributed by atoms with Gasteiger partial charge in [0.1, 0.15) is 0 Å². The summed E-state index contributed by atoms with van der Waals surface area (Å²) in [5.74, 6) is 1.52. The molecule has 4 nitrogen and oxygen atoms in total. The van der Waals surface area contributed by atoms with Crippen LogP contribution < -0.4 is 15.2 Å². The van der Waals surface area contributed by atoms with Gasteiger partial charge in [0, 0.05) is 26.7 Å². The minimum absolute atomic E-state index is 0.504. The number of ether oxygens (including phenoxy) is 3. The standard InChI is InChI=1S/C13H21NO3/c1-3-16-13-9-11(10-14)5-6-12(13)17-8-4-7-15-2/h5-6,9H,3-4,7-8,10,14H2,1-2H3. The van der Waals surface area contributed by atoms with Crippen molar-refractivity contribution in [1.82, 2.24) is 0 Å². The monoisotopic (exact) mass is 239 g/mol. The fourth-order valence-corrected chi connectivity index (χ4v) is 1.45. The molecular weight excluding hydrogens is 218 g/mol. The highest BCUT2D eigenvalue weighted by atomic mass is 16.5. The lowest BCUT2D eigenvalue weighted by Crippen LogP contribution is -2.04. The van der Waals surface area contributed by atoms with Crippen molar-refractivity contribution in [3.05, 3.63) is 23.8 Å².